The van der Waals surface area contributed by atoms with E-state index in [1.165, 1.54) is 41.4 Å². The minimum absolute atomic E-state index is 0.460. The van der Waals surface area contributed by atoms with Gasteiger partial charge in [0.15, 0.2) is 0 Å². The van der Waals surface area contributed by atoms with Gasteiger partial charge in [0, 0.05) is 27.1 Å². The van der Waals surface area contributed by atoms with Crippen molar-refractivity contribution in [2.45, 2.75) is 31.7 Å². The Hall–Kier alpha value is -0.840. The van der Waals surface area contributed by atoms with E-state index >= 15 is 0 Å². The number of hydrogen-bond donors (Lipinski definition) is 3. The van der Waals surface area contributed by atoms with Crippen molar-refractivity contribution in [3.8, 4) is 0 Å². The Labute approximate surface area is 122 Å². The molecule has 1 aliphatic rings. The molecule has 1 aromatic heterocycles. The van der Waals surface area contributed by atoms with E-state index in [1.807, 2.05) is 0 Å². The van der Waals surface area contributed by atoms with Crippen molar-refractivity contribution in [2.75, 3.05) is 13.1 Å². The first-order valence-corrected chi connectivity index (χ1v) is 7.82. The van der Waals surface area contributed by atoms with E-state index in [0.717, 1.165) is 24.0 Å². The average Bonchev–Trinajstić information content (AvgIpc) is 2.78. The van der Waals surface area contributed by atoms with Crippen LogP contribution in [-0.2, 0) is 6.42 Å². The number of H-pyrrole nitrogens is 1. The summed E-state index contributed by atoms with van der Waals surface area (Å²) in [4.78, 5) is 3.61. The lowest BCUT2D eigenvalue weighted by atomic mass is 9.91. The smallest absolute Gasteiger partial charge is 0.0476 e. The van der Waals surface area contributed by atoms with Crippen LogP contribution in [0, 0.1) is 0 Å². The third-order valence-electron chi connectivity index (χ3n) is 3.94. The molecule has 1 atom stereocenters. The fraction of sp³-hybridized carbons (Fsp3) is 0.467. The Morgan fingerprint density at radius 3 is 3.16 bits per heavy atom. The number of aryl methyl sites for hydroxylation is 1. The van der Waals surface area contributed by atoms with E-state index in [2.05, 4.69) is 44.4 Å². The molecule has 0 saturated carbocycles. The molecule has 1 heterocycles. The maximum Gasteiger partial charge on any atom is 0.0476 e. The van der Waals surface area contributed by atoms with Crippen molar-refractivity contribution in [1.82, 2.24) is 10.3 Å². The average molecular weight is 322 g/mol. The molecule has 0 amide bonds. The lowest BCUT2D eigenvalue weighted by Crippen LogP contribution is -2.27. The number of halogens is 1. The van der Waals surface area contributed by atoms with Gasteiger partial charge in [-0.05, 0) is 62.5 Å². The van der Waals surface area contributed by atoms with Crippen LogP contribution in [-0.4, -0.2) is 18.1 Å². The van der Waals surface area contributed by atoms with Crippen LogP contribution in [0.2, 0.25) is 0 Å². The van der Waals surface area contributed by atoms with Gasteiger partial charge in [-0.15, -0.1) is 0 Å². The monoisotopic (exact) mass is 321 g/mol. The zero-order valence-electron chi connectivity index (χ0n) is 11.0. The van der Waals surface area contributed by atoms with E-state index in [4.69, 9.17) is 5.73 Å². The second-order valence-corrected chi connectivity index (χ2v) is 6.16. The van der Waals surface area contributed by atoms with Crippen molar-refractivity contribution in [2.24, 2.45) is 5.73 Å². The minimum Gasteiger partial charge on any atom is -0.357 e. The molecule has 102 valence electrons. The van der Waals surface area contributed by atoms with E-state index in [9.17, 15) is 0 Å². The molecule has 1 aromatic carbocycles. The van der Waals surface area contributed by atoms with Crippen molar-refractivity contribution < 1.29 is 0 Å². The fourth-order valence-corrected chi connectivity index (χ4v) is 3.38. The first kappa shape index (κ1) is 13.2. The van der Waals surface area contributed by atoms with E-state index < -0.39 is 0 Å². The van der Waals surface area contributed by atoms with Gasteiger partial charge in [-0.25, -0.2) is 0 Å². The molecule has 0 fully saturated rings. The molecular formula is C15H20BrN3. The van der Waals surface area contributed by atoms with Crippen molar-refractivity contribution in [1.29, 1.82) is 0 Å². The predicted octanol–water partition coefficient (Wildman–Crippen LogP) is 3.25. The highest BCUT2D eigenvalue weighted by atomic mass is 79.9. The van der Waals surface area contributed by atoms with E-state index in [1.54, 1.807) is 0 Å². The van der Waals surface area contributed by atoms with Crippen molar-refractivity contribution in [3.63, 3.8) is 0 Å². The van der Waals surface area contributed by atoms with E-state index in [0.29, 0.717) is 6.04 Å². The summed E-state index contributed by atoms with van der Waals surface area (Å²) in [6.45, 7) is 1.76. The van der Waals surface area contributed by atoms with Crippen molar-refractivity contribution >= 4 is 26.8 Å². The number of aromatic nitrogens is 1. The Morgan fingerprint density at radius 1 is 1.42 bits per heavy atom. The number of aromatic amines is 1. The standard InChI is InChI=1S/C15H20BrN3/c16-10-5-6-13-12(9-10)11-3-1-4-14(15(11)19-13)18-8-2-7-17/h5-6,9,14,18-19H,1-4,7-8,17H2. The molecule has 3 rings (SSSR count). The van der Waals surface area contributed by atoms with Gasteiger partial charge in [-0.3, -0.25) is 0 Å². The second-order valence-electron chi connectivity index (χ2n) is 5.25. The number of hydrogen-bond acceptors (Lipinski definition) is 2. The zero-order valence-corrected chi connectivity index (χ0v) is 12.6. The summed E-state index contributed by atoms with van der Waals surface area (Å²) in [6, 6.07) is 6.95. The van der Waals surface area contributed by atoms with Gasteiger partial charge in [0.1, 0.15) is 0 Å². The largest absolute Gasteiger partial charge is 0.357 e. The summed E-state index contributed by atoms with van der Waals surface area (Å²) in [5.41, 5.74) is 9.69. The summed E-state index contributed by atoms with van der Waals surface area (Å²) >= 11 is 3.57. The first-order chi connectivity index (χ1) is 9.29. The number of rotatable bonds is 4. The van der Waals surface area contributed by atoms with Gasteiger partial charge >= 0.3 is 0 Å². The van der Waals surface area contributed by atoms with Crippen LogP contribution in [0.4, 0.5) is 0 Å². The molecule has 4 heteroatoms. The van der Waals surface area contributed by atoms with Gasteiger partial charge in [-0.1, -0.05) is 15.9 Å². The molecule has 0 spiro atoms. The van der Waals surface area contributed by atoms with Gasteiger partial charge in [0.25, 0.3) is 0 Å². The van der Waals surface area contributed by atoms with Crippen LogP contribution in [0.15, 0.2) is 22.7 Å². The molecule has 0 radical (unpaired) electrons. The number of benzene rings is 1. The summed E-state index contributed by atoms with van der Waals surface area (Å²) in [7, 11) is 0. The van der Waals surface area contributed by atoms with E-state index in [-0.39, 0.29) is 0 Å². The summed E-state index contributed by atoms with van der Waals surface area (Å²) < 4.78 is 1.15. The van der Waals surface area contributed by atoms with Crippen LogP contribution < -0.4 is 11.1 Å². The van der Waals surface area contributed by atoms with Crippen molar-refractivity contribution in [3.05, 3.63) is 33.9 Å². The van der Waals surface area contributed by atoms with Gasteiger partial charge in [0.05, 0.1) is 0 Å². The first-order valence-electron chi connectivity index (χ1n) is 7.03. The third-order valence-corrected chi connectivity index (χ3v) is 4.43. The Balaban J connectivity index is 1.93. The van der Waals surface area contributed by atoms with Crippen LogP contribution in [0.5, 0.6) is 0 Å². The topological polar surface area (TPSA) is 53.8 Å². The Bertz CT molecular complexity index is 576. The molecule has 1 aliphatic carbocycles. The maximum atomic E-state index is 5.56. The summed E-state index contributed by atoms with van der Waals surface area (Å²) in [5.74, 6) is 0. The fourth-order valence-electron chi connectivity index (χ4n) is 3.02. The van der Waals surface area contributed by atoms with Crippen LogP contribution in [0.3, 0.4) is 0 Å². The van der Waals surface area contributed by atoms with Crippen LogP contribution >= 0.6 is 15.9 Å². The number of nitrogens with two attached hydrogens (primary N) is 1. The molecule has 4 N–H and O–H groups in total. The SMILES string of the molecule is NCCCNC1CCCc2c1[nH]c1ccc(Br)cc21. The summed E-state index contributed by atoms with van der Waals surface area (Å²) in [5, 5.41) is 5.00. The second kappa shape index (κ2) is 5.65. The molecule has 3 nitrogen and oxygen atoms in total. The highest BCUT2D eigenvalue weighted by Crippen LogP contribution is 2.35. The van der Waals surface area contributed by atoms with Crippen LogP contribution in [0.1, 0.15) is 36.6 Å². The molecule has 0 aliphatic heterocycles. The number of fused-ring (bicyclic) bond motifs is 3. The quantitative estimate of drug-likeness (QED) is 0.757. The molecule has 0 bridgehead atoms. The summed E-state index contributed by atoms with van der Waals surface area (Å²) in [6.07, 6.45) is 4.69. The highest BCUT2D eigenvalue weighted by molar-refractivity contribution is 9.10. The highest BCUT2D eigenvalue weighted by Gasteiger charge is 2.23. The molecule has 1 unspecified atom stereocenters. The molecular weight excluding hydrogens is 302 g/mol. The molecule has 19 heavy (non-hydrogen) atoms. The van der Waals surface area contributed by atoms with Gasteiger partial charge in [-0.2, -0.15) is 0 Å². The van der Waals surface area contributed by atoms with Crippen LogP contribution in [0.25, 0.3) is 10.9 Å². The zero-order chi connectivity index (χ0) is 13.2. The number of nitrogens with one attached hydrogen (secondary N) is 2. The van der Waals surface area contributed by atoms with Gasteiger partial charge < -0.3 is 16.0 Å². The molecule has 2 aromatic rings. The lowest BCUT2D eigenvalue weighted by Gasteiger charge is -2.23. The third kappa shape index (κ3) is 2.57. The predicted molar refractivity (Wildman–Crippen MR) is 83.4 cm³/mol. The van der Waals surface area contributed by atoms with Gasteiger partial charge in [0.2, 0.25) is 0 Å². The Kier molecular flexibility index (Phi) is 3.91. The normalized spacial score (nSPS) is 18.7. The Morgan fingerprint density at radius 2 is 2.32 bits per heavy atom. The molecule has 0 saturated heterocycles. The maximum absolute atomic E-state index is 5.56. The minimum atomic E-state index is 0.460. The lowest BCUT2D eigenvalue weighted by molar-refractivity contribution is 0.451.